The smallest absolute Gasteiger partial charge is 0.233 e. The van der Waals surface area contributed by atoms with Crippen LogP contribution in [0.2, 0.25) is 36.0 Å². The van der Waals surface area contributed by atoms with Gasteiger partial charge in [-0.3, -0.25) is 9.69 Å². The zero-order chi connectivity index (χ0) is 14.9. The topological polar surface area (TPSA) is 42.4 Å². The maximum absolute atomic E-state index is 12.0. The molecule has 0 radical (unpaired) electrons. The number of aromatic nitrogens is 1. The first kappa shape index (κ1) is 15.8. The molecule has 2 rings (SSSR count). The Hall–Kier alpha value is -0.623. The Bertz CT molecular complexity index is 532. The summed E-state index contributed by atoms with van der Waals surface area (Å²) >= 11 is 11.9. The fraction of sp³-hybridized carbons (Fsp3) is 0.538. The first-order valence-electron chi connectivity index (χ1n) is 6.51. The summed E-state index contributed by atoms with van der Waals surface area (Å²) < 4.78 is 5.63. The Morgan fingerprint density at radius 1 is 1.40 bits per heavy atom. The van der Waals surface area contributed by atoms with Crippen LogP contribution < -0.4 is 4.90 Å². The average molecular weight is 333 g/mol. The second-order valence-electron chi connectivity index (χ2n) is 6.08. The second-order valence-corrected chi connectivity index (χ2v) is 12.4. The highest BCUT2D eigenvalue weighted by molar-refractivity contribution is 6.76. The molecule has 0 aromatic carbocycles. The zero-order valence-corrected chi connectivity index (χ0v) is 14.4. The first-order valence-corrected chi connectivity index (χ1v) is 11.0. The fourth-order valence-electron chi connectivity index (χ4n) is 1.96. The molecule has 7 heteroatoms. The SMILES string of the molecule is C[Si](C)(C)CCOCN1C(=O)Cc2c1cc(Cl)nc2Cl. The van der Waals surface area contributed by atoms with Crippen LogP contribution in [-0.4, -0.2) is 32.3 Å². The molecule has 20 heavy (non-hydrogen) atoms. The van der Waals surface area contributed by atoms with Crippen molar-refractivity contribution in [3.63, 3.8) is 0 Å². The lowest BCUT2D eigenvalue weighted by atomic mass is 10.2. The highest BCUT2D eigenvalue weighted by Gasteiger charge is 2.30. The van der Waals surface area contributed by atoms with Gasteiger partial charge in [-0.1, -0.05) is 42.8 Å². The van der Waals surface area contributed by atoms with Crippen LogP contribution in [0.4, 0.5) is 5.69 Å². The monoisotopic (exact) mass is 332 g/mol. The molecular weight excluding hydrogens is 315 g/mol. The van der Waals surface area contributed by atoms with Crippen LogP contribution in [0.5, 0.6) is 0 Å². The lowest BCUT2D eigenvalue weighted by Gasteiger charge is -2.20. The number of fused-ring (bicyclic) bond motifs is 1. The van der Waals surface area contributed by atoms with Crippen molar-refractivity contribution in [3.8, 4) is 0 Å². The summed E-state index contributed by atoms with van der Waals surface area (Å²) in [5, 5.41) is 0.584. The molecule has 1 aromatic rings. The molecule has 0 saturated carbocycles. The predicted octanol–water partition coefficient (Wildman–Crippen LogP) is 3.59. The van der Waals surface area contributed by atoms with E-state index in [1.165, 1.54) is 0 Å². The van der Waals surface area contributed by atoms with Gasteiger partial charge in [-0.25, -0.2) is 4.98 Å². The molecule has 4 nitrogen and oxygen atoms in total. The quantitative estimate of drug-likeness (QED) is 0.470. The van der Waals surface area contributed by atoms with Gasteiger partial charge < -0.3 is 4.74 Å². The van der Waals surface area contributed by atoms with Gasteiger partial charge in [0.1, 0.15) is 17.0 Å². The van der Waals surface area contributed by atoms with E-state index in [2.05, 4.69) is 24.6 Å². The molecule has 0 unspecified atom stereocenters. The van der Waals surface area contributed by atoms with Gasteiger partial charge in [0.15, 0.2) is 0 Å². The van der Waals surface area contributed by atoms with Crippen molar-refractivity contribution in [3.05, 3.63) is 21.9 Å². The van der Waals surface area contributed by atoms with E-state index in [-0.39, 0.29) is 24.2 Å². The Kier molecular flexibility index (Phi) is 4.74. The molecular formula is C13H18Cl2N2O2Si. The summed E-state index contributed by atoms with van der Waals surface area (Å²) in [7, 11) is -1.12. The maximum atomic E-state index is 12.0. The van der Waals surface area contributed by atoms with Crippen LogP contribution in [0.15, 0.2) is 6.07 Å². The normalized spacial score (nSPS) is 14.8. The van der Waals surface area contributed by atoms with Gasteiger partial charge in [0.25, 0.3) is 0 Å². The van der Waals surface area contributed by atoms with Crippen LogP contribution in [0.3, 0.4) is 0 Å². The number of halogens is 2. The highest BCUT2D eigenvalue weighted by Crippen LogP contribution is 2.35. The number of carbonyl (C=O) groups is 1. The number of carbonyl (C=O) groups excluding carboxylic acids is 1. The van der Waals surface area contributed by atoms with Crippen molar-refractivity contribution in [2.45, 2.75) is 32.1 Å². The van der Waals surface area contributed by atoms with Crippen molar-refractivity contribution in [1.29, 1.82) is 0 Å². The molecule has 1 aliphatic rings. The average Bonchev–Trinajstić information content (AvgIpc) is 2.61. The van der Waals surface area contributed by atoms with Crippen LogP contribution >= 0.6 is 23.2 Å². The zero-order valence-electron chi connectivity index (χ0n) is 11.9. The standard InChI is InChI=1S/C13H18Cl2N2O2Si/c1-20(2,3)5-4-19-8-17-10-7-11(14)16-13(15)9(10)6-12(17)18/h7H,4-6,8H2,1-3H3. The second kappa shape index (κ2) is 6.01. The number of anilines is 1. The van der Waals surface area contributed by atoms with Crippen LogP contribution in [-0.2, 0) is 16.0 Å². The van der Waals surface area contributed by atoms with E-state index in [0.717, 1.165) is 11.6 Å². The lowest BCUT2D eigenvalue weighted by molar-refractivity contribution is -0.118. The van der Waals surface area contributed by atoms with Crippen molar-refractivity contribution < 1.29 is 9.53 Å². The summed E-state index contributed by atoms with van der Waals surface area (Å²) in [5.74, 6) is -0.0287. The molecule has 0 atom stereocenters. The number of pyridine rings is 1. The fourth-order valence-corrected chi connectivity index (χ4v) is 3.20. The molecule has 1 amide bonds. The maximum Gasteiger partial charge on any atom is 0.233 e. The van der Waals surface area contributed by atoms with Crippen LogP contribution in [0, 0.1) is 0 Å². The van der Waals surface area contributed by atoms with Gasteiger partial charge in [-0.2, -0.15) is 0 Å². The van der Waals surface area contributed by atoms with E-state index >= 15 is 0 Å². The van der Waals surface area contributed by atoms with E-state index in [4.69, 9.17) is 27.9 Å². The van der Waals surface area contributed by atoms with E-state index in [0.29, 0.717) is 17.4 Å². The molecule has 2 heterocycles. The molecule has 0 bridgehead atoms. The van der Waals surface area contributed by atoms with Gasteiger partial charge in [0, 0.05) is 20.2 Å². The van der Waals surface area contributed by atoms with E-state index < -0.39 is 8.07 Å². The largest absolute Gasteiger partial charge is 0.361 e. The highest BCUT2D eigenvalue weighted by atomic mass is 35.5. The third kappa shape index (κ3) is 3.72. The van der Waals surface area contributed by atoms with Gasteiger partial charge in [0.05, 0.1) is 12.1 Å². The Labute approximate surface area is 130 Å². The number of hydrogen-bond acceptors (Lipinski definition) is 3. The number of amides is 1. The number of hydrogen-bond donors (Lipinski definition) is 0. The molecule has 0 saturated heterocycles. The molecule has 0 aliphatic carbocycles. The minimum absolute atomic E-state index is 0.0287. The molecule has 0 N–H and O–H groups in total. The number of ether oxygens (including phenoxy) is 1. The van der Waals surface area contributed by atoms with Crippen molar-refractivity contribution in [1.82, 2.24) is 4.98 Å². The van der Waals surface area contributed by atoms with Crippen LogP contribution in [0.25, 0.3) is 0 Å². The summed E-state index contributed by atoms with van der Waals surface area (Å²) in [5.41, 5.74) is 1.45. The predicted molar refractivity (Wildman–Crippen MR) is 84.4 cm³/mol. The van der Waals surface area contributed by atoms with E-state index in [1.54, 1.807) is 11.0 Å². The lowest BCUT2D eigenvalue weighted by Crippen LogP contribution is -2.30. The van der Waals surface area contributed by atoms with Gasteiger partial charge in [0.2, 0.25) is 5.91 Å². The van der Waals surface area contributed by atoms with Crippen molar-refractivity contribution in [2.75, 3.05) is 18.2 Å². The summed E-state index contributed by atoms with van der Waals surface area (Å²) in [6.07, 6.45) is 0.260. The van der Waals surface area contributed by atoms with E-state index in [1.807, 2.05) is 0 Å². The van der Waals surface area contributed by atoms with Gasteiger partial charge in [-0.05, 0) is 12.1 Å². The van der Waals surface area contributed by atoms with Crippen molar-refractivity contribution >= 4 is 42.9 Å². The van der Waals surface area contributed by atoms with E-state index in [9.17, 15) is 4.79 Å². The number of nitrogens with zero attached hydrogens (tertiary/aromatic N) is 2. The Morgan fingerprint density at radius 2 is 2.10 bits per heavy atom. The number of rotatable bonds is 5. The molecule has 0 fully saturated rings. The van der Waals surface area contributed by atoms with Crippen molar-refractivity contribution in [2.24, 2.45) is 0 Å². The molecule has 1 aliphatic heterocycles. The summed E-state index contributed by atoms with van der Waals surface area (Å²) in [4.78, 5) is 17.6. The third-order valence-electron chi connectivity index (χ3n) is 3.16. The molecule has 110 valence electrons. The summed E-state index contributed by atoms with van der Waals surface area (Å²) in [6.45, 7) is 7.78. The first-order chi connectivity index (χ1) is 9.28. The molecule has 0 spiro atoms. The summed E-state index contributed by atoms with van der Waals surface area (Å²) in [6, 6.07) is 2.73. The third-order valence-corrected chi connectivity index (χ3v) is 5.37. The minimum atomic E-state index is -1.12. The Balaban J connectivity index is 2.02. The molecule has 1 aromatic heterocycles. The van der Waals surface area contributed by atoms with Gasteiger partial charge in [-0.15, -0.1) is 0 Å². The van der Waals surface area contributed by atoms with Gasteiger partial charge >= 0.3 is 0 Å². The Morgan fingerprint density at radius 3 is 2.75 bits per heavy atom. The minimum Gasteiger partial charge on any atom is -0.361 e. The van der Waals surface area contributed by atoms with Crippen LogP contribution in [0.1, 0.15) is 5.56 Å².